The maximum Gasteiger partial charge on any atom is 0.240 e. The number of benzene rings is 1. The molecule has 4 N–H and O–H groups in total. The first-order chi connectivity index (χ1) is 11.4. The van der Waals surface area contributed by atoms with Gasteiger partial charge in [-0.2, -0.15) is 5.10 Å². The average Bonchev–Trinajstić information content (AvgIpc) is 3.09. The van der Waals surface area contributed by atoms with Crippen molar-refractivity contribution in [1.82, 2.24) is 19.9 Å². The molecule has 10 heteroatoms. The van der Waals surface area contributed by atoms with Crippen molar-refractivity contribution in [2.24, 2.45) is 0 Å². The number of nitrogens with zero attached hydrogens (tertiary/aromatic N) is 2. The molecule has 0 aliphatic rings. The summed E-state index contributed by atoms with van der Waals surface area (Å²) in [6, 6.07) is 4.83. The van der Waals surface area contributed by atoms with Crippen LogP contribution >= 0.6 is 11.3 Å². The van der Waals surface area contributed by atoms with Gasteiger partial charge in [-0.3, -0.25) is 5.10 Å². The van der Waals surface area contributed by atoms with E-state index in [1.807, 2.05) is 6.92 Å². The molecule has 0 atom stereocenters. The van der Waals surface area contributed by atoms with Crippen molar-refractivity contribution in [2.45, 2.75) is 11.8 Å². The molecule has 3 rings (SSSR count). The number of ether oxygens (including phenoxy) is 1. The van der Waals surface area contributed by atoms with E-state index in [4.69, 9.17) is 10.5 Å². The van der Waals surface area contributed by atoms with Crippen LogP contribution in [0, 0.1) is 6.92 Å². The predicted molar refractivity (Wildman–Crippen MR) is 93.4 cm³/mol. The molecule has 8 nitrogen and oxygen atoms in total. The van der Waals surface area contributed by atoms with E-state index in [9.17, 15) is 8.42 Å². The summed E-state index contributed by atoms with van der Waals surface area (Å²) in [4.78, 5) is 4.71. The zero-order valence-electron chi connectivity index (χ0n) is 13.2. The van der Waals surface area contributed by atoms with Gasteiger partial charge in [-0.25, -0.2) is 18.1 Å². The lowest BCUT2D eigenvalue weighted by Crippen LogP contribution is -2.27. The molecule has 0 spiro atoms. The van der Waals surface area contributed by atoms with Crippen LogP contribution in [0.1, 0.15) is 5.69 Å². The zero-order valence-corrected chi connectivity index (χ0v) is 14.8. The standard InChI is InChI=1S/C14H17N5O3S2/c1-8-12(13(15)19-18-8)14-17-10-4-3-9(7-11(10)23-14)24(20,21)16-5-6-22-2/h3-4,7,16H,5-6H2,1-2H3,(H3,15,18,19). The number of aromatic nitrogens is 3. The first kappa shape index (κ1) is 16.8. The second kappa shape index (κ2) is 6.48. The Hall–Kier alpha value is -2.01. The molecule has 1 aromatic carbocycles. The minimum Gasteiger partial charge on any atom is -0.383 e. The number of nitrogens with one attached hydrogen (secondary N) is 2. The van der Waals surface area contributed by atoms with Crippen molar-refractivity contribution < 1.29 is 13.2 Å². The summed E-state index contributed by atoms with van der Waals surface area (Å²) in [5, 5.41) is 7.49. The fourth-order valence-electron chi connectivity index (χ4n) is 2.26. The summed E-state index contributed by atoms with van der Waals surface area (Å²) < 4.78 is 32.7. The van der Waals surface area contributed by atoms with E-state index in [-0.39, 0.29) is 11.4 Å². The number of rotatable bonds is 6. The molecule has 3 aromatic rings. The molecular formula is C14H17N5O3S2. The molecule has 0 aliphatic heterocycles. The smallest absolute Gasteiger partial charge is 0.240 e. The molecular weight excluding hydrogens is 350 g/mol. The number of aromatic amines is 1. The average molecular weight is 367 g/mol. The summed E-state index contributed by atoms with van der Waals surface area (Å²) in [6.45, 7) is 2.39. The van der Waals surface area contributed by atoms with Crippen molar-refractivity contribution in [1.29, 1.82) is 0 Å². The lowest BCUT2D eigenvalue weighted by molar-refractivity contribution is 0.204. The lowest BCUT2D eigenvalue weighted by atomic mass is 10.2. The van der Waals surface area contributed by atoms with E-state index in [1.54, 1.807) is 12.1 Å². The van der Waals surface area contributed by atoms with Crippen LogP contribution in [0.4, 0.5) is 5.82 Å². The molecule has 0 aliphatic carbocycles. The topological polar surface area (TPSA) is 123 Å². The van der Waals surface area contributed by atoms with Gasteiger partial charge in [0, 0.05) is 19.3 Å². The quantitative estimate of drug-likeness (QED) is 0.567. The minimum absolute atomic E-state index is 0.193. The number of hydrogen-bond donors (Lipinski definition) is 3. The molecule has 0 bridgehead atoms. The highest BCUT2D eigenvalue weighted by Crippen LogP contribution is 2.35. The van der Waals surface area contributed by atoms with Gasteiger partial charge in [-0.15, -0.1) is 11.3 Å². The largest absolute Gasteiger partial charge is 0.383 e. The number of methoxy groups -OCH3 is 1. The molecule has 24 heavy (non-hydrogen) atoms. The number of sulfonamides is 1. The molecule has 2 aromatic heterocycles. The Morgan fingerprint density at radius 3 is 2.88 bits per heavy atom. The van der Waals surface area contributed by atoms with Crippen LogP contribution in [-0.2, 0) is 14.8 Å². The summed E-state index contributed by atoms with van der Waals surface area (Å²) in [5.41, 5.74) is 8.15. The third kappa shape index (κ3) is 3.13. The van der Waals surface area contributed by atoms with Crippen molar-refractivity contribution in [3.63, 3.8) is 0 Å². The molecule has 2 heterocycles. The van der Waals surface area contributed by atoms with Crippen molar-refractivity contribution in [3.8, 4) is 10.6 Å². The zero-order chi connectivity index (χ0) is 17.3. The van der Waals surface area contributed by atoms with Crippen LogP contribution in [0.15, 0.2) is 23.1 Å². The highest BCUT2D eigenvalue weighted by atomic mass is 32.2. The van der Waals surface area contributed by atoms with Crippen LogP contribution in [0.25, 0.3) is 20.8 Å². The fourth-order valence-corrected chi connectivity index (χ4v) is 4.49. The van der Waals surface area contributed by atoms with Crippen molar-refractivity contribution in [2.75, 3.05) is 26.0 Å². The molecule has 0 saturated heterocycles. The van der Waals surface area contributed by atoms with Crippen LogP contribution in [0.2, 0.25) is 0 Å². The molecule has 0 radical (unpaired) electrons. The van der Waals surface area contributed by atoms with Gasteiger partial charge in [-0.05, 0) is 25.1 Å². The lowest BCUT2D eigenvalue weighted by Gasteiger charge is -2.05. The molecule has 0 saturated carbocycles. The number of fused-ring (bicyclic) bond motifs is 1. The third-order valence-corrected chi connectivity index (χ3v) is 5.95. The Bertz CT molecular complexity index is 958. The first-order valence-corrected chi connectivity index (χ1v) is 9.42. The molecule has 128 valence electrons. The van der Waals surface area contributed by atoms with E-state index in [1.165, 1.54) is 24.5 Å². The molecule has 0 unspecified atom stereocenters. The minimum atomic E-state index is -3.58. The van der Waals surface area contributed by atoms with Crippen LogP contribution in [0.3, 0.4) is 0 Å². The normalized spacial score (nSPS) is 12.1. The predicted octanol–water partition coefficient (Wildman–Crippen LogP) is 1.50. The van der Waals surface area contributed by atoms with Gasteiger partial charge >= 0.3 is 0 Å². The summed E-state index contributed by atoms with van der Waals surface area (Å²) in [6.07, 6.45) is 0. The van der Waals surface area contributed by atoms with E-state index in [2.05, 4.69) is 19.9 Å². The van der Waals surface area contributed by atoms with Gasteiger partial charge in [0.25, 0.3) is 0 Å². The second-order valence-corrected chi connectivity index (χ2v) is 7.95. The number of nitrogens with two attached hydrogens (primary N) is 1. The number of H-pyrrole nitrogens is 1. The highest BCUT2D eigenvalue weighted by molar-refractivity contribution is 7.89. The summed E-state index contributed by atoms with van der Waals surface area (Å²) in [7, 11) is -2.06. The number of nitrogen functional groups attached to an aromatic ring is 1. The number of hydrogen-bond acceptors (Lipinski definition) is 7. The second-order valence-electron chi connectivity index (χ2n) is 5.15. The Morgan fingerprint density at radius 2 is 2.21 bits per heavy atom. The monoisotopic (exact) mass is 367 g/mol. The highest BCUT2D eigenvalue weighted by Gasteiger charge is 2.18. The number of aryl methyl sites for hydroxylation is 1. The number of thiazole rings is 1. The first-order valence-electron chi connectivity index (χ1n) is 7.12. The Balaban J connectivity index is 1.98. The van der Waals surface area contributed by atoms with Gasteiger partial charge in [0.2, 0.25) is 10.0 Å². The Labute approximate surface area is 143 Å². The fraction of sp³-hybridized carbons (Fsp3) is 0.286. The van der Waals surface area contributed by atoms with Crippen LogP contribution < -0.4 is 10.5 Å². The van der Waals surface area contributed by atoms with Gasteiger partial charge in [-0.1, -0.05) is 0 Å². The van der Waals surface area contributed by atoms with Gasteiger partial charge in [0.1, 0.15) is 5.01 Å². The SMILES string of the molecule is COCCNS(=O)(=O)c1ccc2nc(-c3c(N)n[nH]c3C)sc2c1. The van der Waals surface area contributed by atoms with Gasteiger partial charge in [0.15, 0.2) is 5.82 Å². The Kier molecular flexibility index (Phi) is 4.54. The number of anilines is 1. The third-order valence-electron chi connectivity index (χ3n) is 3.46. The maximum atomic E-state index is 12.3. The van der Waals surface area contributed by atoms with E-state index < -0.39 is 10.0 Å². The van der Waals surface area contributed by atoms with Gasteiger partial charge in [0.05, 0.1) is 27.3 Å². The van der Waals surface area contributed by atoms with Crippen molar-refractivity contribution in [3.05, 3.63) is 23.9 Å². The van der Waals surface area contributed by atoms with Crippen LogP contribution in [0.5, 0.6) is 0 Å². The Morgan fingerprint density at radius 1 is 1.42 bits per heavy atom. The van der Waals surface area contributed by atoms with Crippen molar-refractivity contribution >= 4 is 37.4 Å². The summed E-state index contributed by atoms with van der Waals surface area (Å²) >= 11 is 1.37. The summed E-state index contributed by atoms with van der Waals surface area (Å²) in [5.74, 6) is 0.376. The molecule has 0 amide bonds. The van der Waals surface area contributed by atoms with E-state index in [0.29, 0.717) is 22.9 Å². The van der Waals surface area contributed by atoms with E-state index in [0.717, 1.165) is 16.0 Å². The van der Waals surface area contributed by atoms with Gasteiger partial charge < -0.3 is 10.5 Å². The molecule has 0 fully saturated rings. The maximum absolute atomic E-state index is 12.3. The van der Waals surface area contributed by atoms with E-state index >= 15 is 0 Å². The van der Waals surface area contributed by atoms with Crippen LogP contribution in [-0.4, -0.2) is 43.9 Å².